The summed E-state index contributed by atoms with van der Waals surface area (Å²) in [6.45, 7) is 2.90. The second-order valence-electron chi connectivity index (χ2n) is 6.77. The average molecular weight is 400 g/mol. The number of amides is 1. The lowest BCUT2D eigenvalue weighted by Crippen LogP contribution is -2.28. The van der Waals surface area contributed by atoms with Crippen molar-refractivity contribution in [1.29, 1.82) is 0 Å². The van der Waals surface area contributed by atoms with Gasteiger partial charge in [0.05, 0.1) is 24.9 Å². The first-order chi connectivity index (χ1) is 13.7. The Labute approximate surface area is 168 Å². The number of benzene rings is 1. The van der Waals surface area contributed by atoms with Crippen LogP contribution in [0.3, 0.4) is 0 Å². The molecule has 8 heteroatoms. The van der Waals surface area contributed by atoms with Crippen LogP contribution in [0, 0.1) is 0 Å². The molecule has 1 aliphatic heterocycles. The van der Waals surface area contributed by atoms with Gasteiger partial charge in [0.1, 0.15) is 5.75 Å². The highest BCUT2D eigenvalue weighted by Crippen LogP contribution is 2.28. The summed E-state index contributed by atoms with van der Waals surface area (Å²) in [5.74, 6) is 0.659. The molecule has 2 N–H and O–H groups in total. The zero-order valence-corrected chi connectivity index (χ0v) is 16.4. The number of methoxy groups -OCH3 is 1. The Hall–Kier alpha value is -2.64. The molecule has 0 bridgehead atoms. The van der Waals surface area contributed by atoms with Crippen LogP contribution in [0.2, 0.25) is 5.02 Å². The van der Waals surface area contributed by atoms with Crippen molar-refractivity contribution in [2.24, 2.45) is 0 Å². The number of hydrogen-bond acceptors (Lipinski definition) is 5. The molecule has 3 aromatic rings. The zero-order valence-electron chi connectivity index (χ0n) is 15.6. The molecule has 1 saturated heterocycles. The molecule has 1 aromatic carbocycles. The van der Waals surface area contributed by atoms with Gasteiger partial charge in [0.2, 0.25) is 0 Å². The first-order valence-electron chi connectivity index (χ1n) is 9.31. The van der Waals surface area contributed by atoms with Crippen LogP contribution in [0.5, 0.6) is 5.75 Å². The second-order valence-corrected chi connectivity index (χ2v) is 7.21. The van der Waals surface area contributed by atoms with Crippen LogP contribution in [0.4, 0.5) is 0 Å². The molecule has 1 atom stereocenters. The monoisotopic (exact) mass is 399 g/mol. The van der Waals surface area contributed by atoms with Crippen molar-refractivity contribution in [3.8, 4) is 5.75 Å². The molecule has 4 rings (SSSR count). The second kappa shape index (κ2) is 8.16. The minimum atomic E-state index is -0.232. The fourth-order valence-electron chi connectivity index (χ4n) is 3.61. The third kappa shape index (κ3) is 3.68. The Morgan fingerprint density at radius 2 is 2.32 bits per heavy atom. The van der Waals surface area contributed by atoms with E-state index >= 15 is 0 Å². The van der Waals surface area contributed by atoms with E-state index in [9.17, 15) is 4.79 Å². The third-order valence-corrected chi connectivity index (χ3v) is 5.23. The van der Waals surface area contributed by atoms with Crippen molar-refractivity contribution in [2.75, 3.05) is 26.7 Å². The smallest absolute Gasteiger partial charge is 0.255 e. The van der Waals surface area contributed by atoms with Gasteiger partial charge in [-0.3, -0.25) is 4.79 Å². The van der Waals surface area contributed by atoms with Gasteiger partial charge in [0.15, 0.2) is 5.65 Å². The normalized spacial score (nSPS) is 16.4. The summed E-state index contributed by atoms with van der Waals surface area (Å²) < 4.78 is 7.12. The summed E-state index contributed by atoms with van der Waals surface area (Å²) in [6.07, 6.45) is 2.85. The summed E-state index contributed by atoms with van der Waals surface area (Å²) in [7, 11) is 1.53. The Balaban J connectivity index is 1.49. The van der Waals surface area contributed by atoms with E-state index in [1.807, 2.05) is 10.7 Å². The SMILES string of the molecule is COc1ccc(Cl)cc1C(=O)NCCn1nc([C@H]2CCNC2)c2cccnc21. The summed E-state index contributed by atoms with van der Waals surface area (Å²) in [5.41, 5.74) is 2.34. The van der Waals surface area contributed by atoms with Crippen LogP contribution in [0.1, 0.15) is 28.4 Å². The third-order valence-electron chi connectivity index (χ3n) is 5.00. The fraction of sp³-hybridized carbons (Fsp3) is 0.350. The molecule has 0 spiro atoms. The van der Waals surface area contributed by atoms with Crippen molar-refractivity contribution in [3.05, 3.63) is 52.8 Å². The van der Waals surface area contributed by atoms with Crippen LogP contribution in [-0.4, -0.2) is 47.4 Å². The van der Waals surface area contributed by atoms with E-state index in [2.05, 4.69) is 21.7 Å². The maximum atomic E-state index is 12.5. The molecule has 2 aromatic heterocycles. The number of hydrogen-bond donors (Lipinski definition) is 2. The molecular weight excluding hydrogens is 378 g/mol. The van der Waals surface area contributed by atoms with Gasteiger partial charge in [0.25, 0.3) is 5.91 Å². The van der Waals surface area contributed by atoms with Gasteiger partial charge in [0, 0.05) is 35.6 Å². The molecule has 3 heterocycles. The molecule has 1 fully saturated rings. The highest BCUT2D eigenvalue weighted by atomic mass is 35.5. The molecule has 1 aliphatic rings. The topological polar surface area (TPSA) is 81.1 Å². The van der Waals surface area contributed by atoms with E-state index in [0.717, 1.165) is 36.2 Å². The molecule has 0 aliphatic carbocycles. The number of rotatable bonds is 6. The Bertz CT molecular complexity index is 997. The number of fused-ring (bicyclic) bond motifs is 1. The molecule has 0 saturated carbocycles. The summed E-state index contributed by atoms with van der Waals surface area (Å²) in [6, 6.07) is 8.98. The average Bonchev–Trinajstić information content (AvgIpc) is 3.36. The number of nitrogens with one attached hydrogen (secondary N) is 2. The minimum absolute atomic E-state index is 0.232. The minimum Gasteiger partial charge on any atom is -0.496 e. The van der Waals surface area contributed by atoms with Crippen molar-refractivity contribution in [2.45, 2.75) is 18.9 Å². The van der Waals surface area contributed by atoms with Crippen molar-refractivity contribution >= 4 is 28.5 Å². The molecule has 0 unspecified atom stereocenters. The molecule has 146 valence electrons. The van der Waals surface area contributed by atoms with E-state index in [4.69, 9.17) is 21.4 Å². The first kappa shape index (κ1) is 18.7. The van der Waals surface area contributed by atoms with Crippen LogP contribution >= 0.6 is 11.6 Å². The van der Waals surface area contributed by atoms with Gasteiger partial charge < -0.3 is 15.4 Å². The lowest BCUT2D eigenvalue weighted by molar-refractivity contribution is 0.0949. The van der Waals surface area contributed by atoms with Crippen molar-refractivity contribution < 1.29 is 9.53 Å². The van der Waals surface area contributed by atoms with Crippen LogP contribution < -0.4 is 15.4 Å². The van der Waals surface area contributed by atoms with E-state index in [1.165, 1.54) is 7.11 Å². The van der Waals surface area contributed by atoms with Crippen molar-refractivity contribution in [1.82, 2.24) is 25.4 Å². The molecule has 28 heavy (non-hydrogen) atoms. The molecule has 7 nitrogen and oxygen atoms in total. The lowest BCUT2D eigenvalue weighted by Gasteiger charge is -2.10. The standard InChI is InChI=1S/C20H22ClN5O2/c1-28-17-5-4-14(21)11-16(17)20(27)24-9-10-26-19-15(3-2-7-23-19)18(25-26)13-6-8-22-12-13/h2-5,7,11,13,22H,6,8-10,12H2,1H3,(H,24,27)/t13-/m0/s1. The van der Waals surface area contributed by atoms with Gasteiger partial charge >= 0.3 is 0 Å². The van der Waals surface area contributed by atoms with Crippen LogP contribution in [0.25, 0.3) is 11.0 Å². The predicted molar refractivity (Wildman–Crippen MR) is 108 cm³/mol. The number of pyridine rings is 1. The van der Waals surface area contributed by atoms with Gasteiger partial charge in [-0.05, 0) is 43.3 Å². The number of halogens is 1. The number of carbonyl (C=O) groups excluding carboxylic acids is 1. The first-order valence-corrected chi connectivity index (χ1v) is 9.69. The van der Waals surface area contributed by atoms with E-state index < -0.39 is 0 Å². The van der Waals surface area contributed by atoms with E-state index in [-0.39, 0.29) is 5.91 Å². The number of carbonyl (C=O) groups is 1. The van der Waals surface area contributed by atoms with Gasteiger partial charge in [-0.2, -0.15) is 5.10 Å². The van der Waals surface area contributed by atoms with E-state index in [0.29, 0.717) is 35.3 Å². The Morgan fingerprint density at radius 1 is 1.43 bits per heavy atom. The molecular formula is C20H22ClN5O2. The highest BCUT2D eigenvalue weighted by Gasteiger charge is 2.23. The largest absolute Gasteiger partial charge is 0.496 e. The van der Waals surface area contributed by atoms with Gasteiger partial charge in [-0.1, -0.05) is 11.6 Å². The van der Waals surface area contributed by atoms with Gasteiger partial charge in [-0.15, -0.1) is 0 Å². The van der Waals surface area contributed by atoms with Crippen LogP contribution in [-0.2, 0) is 6.54 Å². The Morgan fingerprint density at radius 3 is 3.11 bits per heavy atom. The number of ether oxygens (including phenoxy) is 1. The lowest BCUT2D eigenvalue weighted by atomic mass is 10.0. The molecule has 1 amide bonds. The summed E-state index contributed by atoms with van der Waals surface area (Å²) >= 11 is 6.02. The Kier molecular flexibility index (Phi) is 5.45. The predicted octanol–water partition coefficient (Wildman–Crippen LogP) is 2.60. The van der Waals surface area contributed by atoms with Gasteiger partial charge in [-0.25, -0.2) is 9.67 Å². The zero-order chi connectivity index (χ0) is 19.5. The summed E-state index contributed by atoms with van der Waals surface area (Å²) in [5, 5.41) is 12.7. The quantitative estimate of drug-likeness (QED) is 0.666. The highest BCUT2D eigenvalue weighted by molar-refractivity contribution is 6.31. The molecule has 0 radical (unpaired) electrons. The maximum Gasteiger partial charge on any atom is 0.255 e. The maximum absolute atomic E-state index is 12.5. The van der Waals surface area contributed by atoms with E-state index in [1.54, 1.807) is 24.4 Å². The fourth-order valence-corrected chi connectivity index (χ4v) is 3.78. The number of nitrogens with zero attached hydrogens (tertiary/aromatic N) is 3. The van der Waals surface area contributed by atoms with Crippen molar-refractivity contribution in [3.63, 3.8) is 0 Å². The van der Waals surface area contributed by atoms with Crippen LogP contribution in [0.15, 0.2) is 36.5 Å². The summed E-state index contributed by atoms with van der Waals surface area (Å²) in [4.78, 5) is 17.0. The number of aromatic nitrogens is 3.